The lowest BCUT2D eigenvalue weighted by Gasteiger charge is -2.10. The maximum absolute atomic E-state index is 12.1. The van der Waals surface area contributed by atoms with Crippen molar-refractivity contribution < 1.29 is 9.59 Å². The van der Waals surface area contributed by atoms with Gasteiger partial charge in [0.15, 0.2) is 0 Å². The van der Waals surface area contributed by atoms with Gasteiger partial charge in [0.1, 0.15) is 11.1 Å². The van der Waals surface area contributed by atoms with Crippen molar-refractivity contribution in [3.05, 3.63) is 52.7 Å². The molecule has 0 bridgehead atoms. The van der Waals surface area contributed by atoms with Gasteiger partial charge in [0.05, 0.1) is 17.9 Å². The van der Waals surface area contributed by atoms with Gasteiger partial charge in [-0.3, -0.25) is 9.59 Å². The molecule has 140 valence electrons. The van der Waals surface area contributed by atoms with Gasteiger partial charge < -0.3 is 10.6 Å². The Morgan fingerprint density at radius 3 is 2.67 bits per heavy atom. The van der Waals surface area contributed by atoms with Crippen LogP contribution >= 0.6 is 11.8 Å². The van der Waals surface area contributed by atoms with Gasteiger partial charge in [0, 0.05) is 11.4 Å². The summed E-state index contributed by atoms with van der Waals surface area (Å²) in [6.07, 6.45) is 0.809. The minimum atomic E-state index is -0.288. The number of carbonyl (C=O) groups excluding carboxylic acids is 2. The number of pyridine rings is 1. The Morgan fingerprint density at radius 2 is 1.96 bits per heavy atom. The second kappa shape index (κ2) is 9.74. The molecule has 0 aliphatic heterocycles. The summed E-state index contributed by atoms with van der Waals surface area (Å²) in [6, 6.07) is 11.5. The van der Waals surface area contributed by atoms with Crippen LogP contribution in [-0.4, -0.2) is 29.1 Å². The van der Waals surface area contributed by atoms with Crippen LogP contribution in [0.3, 0.4) is 0 Å². The highest BCUT2D eigenvalue weighted by Crippen LogP contribution is 2.23. The number of aryl methyl sites for hydroxylation is 3. The van der Waals surface area contributed by atoms with E-state index in [0.29, 0.717) is 10.6 Å². The average Bonchev–Trinajstić information content (AvgIpc) is 2.64. The highest BCUT2D eigenvalue weighted by molar-refractivity contribution is 8.00. The molecule has 1 aromatic heterocycles. The number of para-hydroxylation sites is 1. The molecule has 0 unspecified atom stereocenters. The monoisotopic (exact) mass is 382 g/mol. The molecule has 6 nitrogen and oxygen atoms in total. The number of hydrogen-bond donors (Lipinski definition) is 2. The van der Waals surface area contributed by atoms with Crippen LogP contribution in [0, 0.1) is 25.2 Å². The predicted octanol–water partition coefficient (Wildman–Crippen LogP) is 2.98. The maximum Gasteiger partial charge on any atom is 0.243 e. The number of aromatic nitrogens is 1. The van der Waals surface area contributed by atoms with E-state index in [1.54, 1.807) is 0 Å². The molecule has 2 rings (SSSR count). The molecule has 7 heteroatoms. The van der Waals surface area contributed by atoms with Gasteiger partial charge >= 0.3 is 0 Å². The first kappa shape index (κ1) is 20.5. The Bertz CT molecular complexity index is 890. The molecular weight excluding hydrogens is 360 g/mol. The molecule has 1 heterocycles. The molecule has 0 radical (unpaired) electrons. The van der Waals surface area contributed by atoms with E-state index in [1.165, 1.54) is 11.8 Å². The highest BCUT2D eigenvalue weighted by atomic mass is 32.2. The van der Waals surface area contributed by atoms with E-state index < -0.39 is 0 Å². The van der Waals surface area contributed by atoms with Crippen LogP contribution in [0.1, 0.15) is 29.3 Å². The highest BCUT2D eigenvalue weighted by Gasteiger charge is 2.12. The summed E-state index contributed by atoms with van der Waals surface area (Å²) in [6.45, 7) is 5.59. The second-order valence-corrected chi connectivity index (χ2v) is 6.96. The number of nitrogens with zero attached hydrogens (tertiary/aromatic N) is 2. The van der Waals surface area contributed by atoms with Crippen molar-refractivity contribution in [2.45, 2.75) is 32.2 Å². The summed E-state index contributed by atoms with van der Waals surface area (Å²) in [7, 11) is 0. The molecule has 2 N–H and O–H groups in total. The third-order valence-corrected chi connectivity index (χ3v) is 4.86. The number of carbonyl (C=O) groups is 2. The van der Waals surface area contributed by atoms with Crippen molar-refractivity contribution in [2.75, 3.05) is 17.6 Å². The zero-order valence-electron chi connectivity index (χ0n) is 15.6. The third-order valence-electron chi connectivity index (χ3n) is 3.88. The number of anilines is 1. The third kappa shape index (κ3) is 5.83. The van der Waals surface area contributed by atoms with E-state index in [0.717, 1.165) is 28.9 Å². The van der Waals surface area contributed by atoms with Crippen LogP contribution in [-0.2, 0) is 16.0 Å². The van der Waals surface area contributed by atoms with E-state index >= 15 is 0 Å². The number of benzene rings is 1. The average molecular weight is 382 g/mol. The normalized spacial score (nSPS) is 10.1. The number of rotatable bonds is 7. The van der Waals surface area contributed by atoms with Crippen molar-refractivity contribution in [3.8, 4) is 6.07 Å². The van der Waals surface area contributed by atoms with Gasteiger partial charge in [0.2, 0.25) is 11.8 Å². The SMILES string of the molecule is CCc1ccccc1NC(=O)CNC(=O)CSc1nc(C)cc(C)c1C#N. The molecule has 2 aromatic rings. The zero-order chi connectivity index (χ0) is 19.8. The lowest BCUT2D eigenvalue weighted by Crippen LogP contribution is -2.34. The number of nitriles is 1. The van der Waals surface area contributed by atoms with Gasteiger partial charge in [-0.05, 0) is 43.5 Å². The molecule has 0 atom stereocenters. The fourth-order valence-electron chi connectivity index (χ4n) is 2.55. The predicted molar refractivity (Wildman–Crippen MR) is 107 cm³/mol. The van der Waals surface area contributed by atoms with E-state index in [1.807, 2.05) is 51.1 Å². The van der Waals surface area contributed by atoms with Crippen molar-refractivity contribution >= 4 is 29.3 Å². The first-order chi connectivity index (χ1) is 12.9. The molecule has 0 aliphatic carbocycles. The van der Waals surface area contributed by atoms with Gasteiger partial charge in [-0.25, -0.2) is 4.98 Å². The topological polar surface area (TPSA) is 94.9 Å². The van der Waals surface area contributed by atoms with Gasteiger partial charge in [-0.2, -0.15) is 5.26 Å². The van der Waals surface area contributed by atoms with E-state index in [2.05, 4.69) is 21.7 Å². The minimum absolute atomic E-state index is 0.0867. The van der Waals surface area contributed by atoms with E-state index in [4.69, 9.17) is 0 Å². The lowest BCUT2D eigenvalue weighted by molar-refractivity contribution is -0.122. The van der Waals surface area contributed by atoms with Gasteiger partial charge in [0.25, 0.3) is 0 Å². The number of hydrogen-bond acceptors (Lipinski definition) is 5. The van der Waals surface area contributed by atoms with Gasteiger partial charge in [-0.15, -0.1) is 0 Å². The summed E-state index contributed by atoms with van der Waals surface area (Å²) < 4.78 is 0. The largest absolute Gasteiger partial charge is 0.346 e. The number of thioether (sulfide) groups is 1. The Kier molecular flexibility index (Phi) is 7.38. The van der Waals surface area contributed by atoms with Crippen molar-refractivity contribution in [3.63, 3.8) is 0 Å². The van der Waals surface area contributed by atoms with Crippen molar-refractivity contribution in [2.24, 2.45) is 0 Å². The number of nitrogens with one attached hydrogen (secondary N) is 2. The van der Waals surface area contributed by atoms with E-state index in [-0.39, 0.29) is 24.1 Å². The molecule has 2 amide bonds. The zero-order valence-corrected chi connectivity index (χ0v) is 16.4. The Balaban J connectivity index is 1.86. The standard InChI is InChI=1S/C20H22N4O2S/c1-4-15-7-5-6-8-17(15)24-18(25)11-22-19(26)12-27-20-16(10-21)13(2)9-14(3)23-20/h5-9H,4,11-12H2,1-3H3,(H,22,26)(H,24,25). The van der Waals surface area contributed by atoms with Crippen LogP contribution in [0.2, 0.25) is 0 Å². The van der Waals surface area contributed by atoms with Crippen LogP contribution in [0.5, 0.6) is 0 Å². The lowest BCUT2D eigenvalue weighted by atomic mass is 10.1. The Morgan fingerprint density at radius 1 is 1.22 bits per heavy atom. The van der Waals surface area contributed by atoms with Crippen LogP contribution in [0.4, 0.5) is 5.69 Å². The Hall–Kier alpha value is -2.85. The van der Waals surface area contributed by atoms with Crippen LogP contribution in [0.15, 0.2) is 35.4 Å². The number of amides is 2. The second-order valence-electron chi connectivity index (χ2n) is 6.00. The fourth-order valence-corrected chi connectivity index (χ4v) is 3.48. The quantitative estimate of drug-likeness (QED) is 0.718. The Labute approximate surface area is 163 Å². The summed E-state index contributed by atoms with van der Waals surface area (Å²) in [5.74, 6) is -0.482. The molecule has 0 aliphatic rings. The molecule has 0 spiro atoms. The fraction of sp³-hybridized carbons (Fsp3) is 0.300. The van der Waals surface area contributed by atoms with Crippen LogP contribution in [0.25, 0.3) is 0 Å². The van der Waals surface area contributed by atoms with Gasteiger partial charge in [-0.1, -0.05) is 36.9 Å². The first-order valence-corrected chi connectivity index (χ1v) is 9.58. The van der Waals surface area contributed by atoms with Crippen molar-refractivity contribution in [1.29, 1.82) is 5.26 Å². The minimum Gasteiger partial charge on any atom is -0.346 e. The molecule has 0 saturated heterocycles. The molecule has 0 fully saturated rings. The van der Waals surface area contributed by atoms with Crippen molar-refractivity contribution in [1.82, 2.24) is 10.3 Å². The molecule has 1 aromatic carbocycles. The smallest absolute Gasteiger partial charge is 0.243 e. The van der Waals surface area contributed by atoms with Crippen LogP contribution < -0.4 is 10.6 Å². The molecule has 27 heavy (non-hydrogen) atoms. The molecular formula is C20H22N4O2S. The summed E-state index contributed by atoms with van der Waals surface area (Å²) in [5.41, 5.74) is 3.90. The first-order valence-electron chi connectivity index (χ1n) is 8.60. The van der Waals surface area contributed by atoms with E-state index in [9.17, 15) is 14.9 Å². The maximum atomic E-state index is 12.1. The summed E-state index contributed by atoms with van der Waals surface area (Å²) in [4.78, 5) is 28.4. The summed E-state index contributed by atoms with van der Waals surface area (Å²) >= 11 is 1.19. The summed E-state index contributed by atoms with van der Waals surface area (Å²) in [5, 5.41) is 15.2. The molecule has 0 saturated carbocycles.